The molecule has 2 aromatic heterocycles. The van der Waals surface area contributed by atoms with E-state index in [2.05, 4.69) is 15.0 Å². The summed E-state index contributed by atoms with van der Waals surface area (Å²) < 4.78 is 8.86. The molecule has 0 spiro atoms. The van der Waals surface area contributed by atoms with E-state index in [0.29, 0.717) is 28.8 Å². The minimum atomic E-state index is -0.194. The fourth-order valence-electron chi connectivity index (χ4n) is 3.70. The summed E-state index contributed by atoms with van der Waals surface area (Å²) in [6, 6.07) is 9.24. The number of likely N-dealkylation sites (tertiary alicyclic amines) is 1. The highest BCUT2D eigenvalue weighted by atomic mass is 35.5. The summed E-state index contributed by atoms with van der Waals surface area (Å²) in [5, 5.41) is 5.12. The van der Waals surface area contributed by atoms with E-state index in [9.17, 15) is 4.79 Å². The number of ether oxygens (including phenoxy) is 1. The average Bonchev–Trinajstić information content (AvgIpc) is 3.05. The molecular formula is C22H26ClN5O2. The molecule has 7 nitrogen and oxygen atoms in total. The van der Waals surface area contributed by atoms with Gasteiger partial charge in [-0.05, 0) is 70.1 Å². The third-order valence-corrected chi connectivity index (χ3v) is 5.40. The Kier molecular flexibility index (Phi) is 6.20. The number of rotatable bonds is 6. The predicted molar refractivity (Wildman–Crippen MR) is 117 cm³/mol. The number of hydrogen-bond acceptors (Lipinski definition) is 5. The van der Waals surface area contributed by atoms with Crippen LogP contribution in [0.25, 0.3) is 17.1 Å². The van der Waals surface area contributed by atoms with Gasteiger partial charge >= 0.3 is 5.69 Å². The fraction of sp³-hybridized carbons (Fsp3) is 0.409. The van der Waals surface area contributed by atoms with Crippen molar-refractivity contribution in [2.75, 3.05) is 13.1 Å². The zero-order valence-electron chi connectivity index (χ0n) is 17.3. The van der Waals surface area contributed by atoms with Gasteiger partial charge in [-0.2, -0.15) is 4.68 Å². The van der Waals surface area contributed by atoms with Crippen LogP contribution in [0.4, 0.5) is 0 Å². The summed E-state index contributed by atoms with van der Waals surface area (Å²) >= 11 is 6.40. The molecule has 1 aliphatic rings. The largest absolute Gasteiger partial charge is 0.491 e. The lowest BCUT2D eigenvalue weighted by atomic mass is 10.1. The maximum Gasteiger partial charge on any atom is 0.352 e. The first-order chi connectivity index (χ1) is 14.5. The molecule has 30 heavy (non-hydrogen) atoms. The van der Waals surface area contributed by atoms with E-state index in [4.69, 9.17) is 16.3 Å². The smallest absolute Gasteiger partial charge is 0.352 e. The second-order valence-corrected chi connectivity index (χ2v) is 8.18. The van der Waals surface area contributed by atoms with Gasteiger partial charge in [0.1, 0.15) is 5.75 Å². The van der Waals surface area contributed by atoms with Crippen LogP contribution in [-0.2, 0) is 6.67 Å². The summed E-state index contributed by atoms with van der Waals surface area (Å²) in [6.45, 7) is 6.38. The van der Waals surface area contributed by atoms with Crippen LogP contribution in [0, 0.1) is 0 Å². The molecule has 0 amide bonds. The Morgan fingerprint density at radius 2 is 1.83 bits per heavy atom. The van der Waals surface area contributed by atoms with Gasteiger partial charge in [0, 0.05) is 18.0 Å². The van der Waals surface area contributed by atoms with Crippen molar-refractivity contribution in [1.29, 1.82) is 0 Å². The van der Waals surface area contributed by atoms with Crippen molar-refractivity contribution >= 4 is 11.6 Å². The van der Waals surface area contributed by atoms with Gasteiger partial charge in [0.25, 0.3) is 0 Å². The highest BCUT2D eigenvalue weighted by Gasteiger charge is 2.21. The first-order valence-corrected chi connectivity index (χ1v) is 10.7. The van der Waals surface area contributed by atoms with Crippen LogP contribution in [0.3, 0.4) is 0 Å². The van der Waals surface area contributed by atoms with E-state index in [0.717, 1.165) is 31.7 Å². The Morgan fingerprint density at radius 3 is 2.50 bits per heavy atom. The second kappa shape index (κ2) is 9.02. The Balaban J connectivity index is 1.77. The van der Waals surface area contributed by atoms with Crippen LogP contribution in [0.5, 0.6) is 5.75 Å². The van der Waals surface area contributed by atoms with Crippen molar-refractivity contribution in [3.8, 4) is 22.8 Å². The van der Waals surface area contributed by atoms with E-state index >= 15 is 0 Å². The summed E-state index contributed by atoms with van der Waals surface area (Å²) in [5.74, 6) is 1.26. The molecule has 0 bridgehead atoms. The van der Waals surface area contributed by atoms with Crippen LogP contribution in [0.15, 0.2) is 47.5 Å². The van der Waals surface area contributed by atoms with Gasteiger partial charge in [-0.15, -0.1) is 5.10 Å². The van der Waals surface area contributed by atoms with Crippen molar-refractivity contribution in [3.05, 3.63) is 58.2 Å². The molecule has 158 valence electrons. The van der Waals surface area contributed by atoms with Gasteiger partial charge in [0.2, 0.25) is 0 Å². The predicted octanol–water partition coefficient (Wildman–Crippen LogP) is 3.98. The van der Waals surface area contributed by atoms with Gasteiger partial charge in [-0.3, -0.25) is 9.88 Å². The van der Waals surface area contributed by atoms with Gasteiger partial charge in [-0.25, -0.2) is 9.36 Å². The third kappa shape index (κ3) is 4.42. The SMILES string of the molecule is CC(C)Oc1ccc(-n2c(-c3ccncc3Cl)nn(CN3CCCCC3)c2=O)cc1. The first kappa shape index (κ1) is 20.6. The normalized spacial score (nSPS) is 14.9. The Hall–Kier alpha value is -2.64. The number of aromatic nitrogens is 4. The molecule has 0 N–H and O–H groups in total. The first-order valence-electron chi connectivity index (χ1n) is 10.3. The minimum absolute atomic E-state index is 0.0806. The number of benzene rings is 1. The molecule has 1 fully saturated rings. The fourth-order valence-corrected chi connectivity index (χ4v) is 3.90. The van der Waals surface area contributed by atoms with Crippen LogP contribution in [0.1, 0.15) is 33.1 Å². The number of piperidine rings is 1. The quantitative estimate of drug-likeness (QED) is 0.595. The van der Waals surface area contributed by atoms with Gasteiger partial charge in [0.05, 0.1) is 23.5 Å². The van der Waals surface area contributed by atoms with Crippen molar-refractivity contribution in [1.82, 2.24) is 24.2 Å². The molecule has 3 heterocycles. The van der Waals surface area contributed by atoms with Crippen molar-refractivity contribution in [2.45, 2.75) is 45.9 Å². The van der Waals surface area contributed by atoms with E-state index in [1.165, 1.54) is 11.1 Å². The molecular weight excluding hydrogens is 402 g/mol. The molecule has 1 aromatic carbocycles. The Labute approximate surface area is 180 Å². The zero-order chi connectivity index (χ0) is 21.1. The topological polar surface area (TPSA) is 65.2 Å². The van der Waals surface area contributed by atoms with E-state index in [1.807, 2.05) is 38.1 Å². The molecule has 0 atom stereocenters. The van der Waals surface area contributed by atoms with Gasteiger partial charge in [-0.1, -0.05) is 18.0 Å². The highest BCUT2D eigenvalue weighted by molar-refractivity contribution is 6.33. The van der Waals surface area contributed by atoms with E-state index in [-0.39, 0.29) is 11.8 Å². The molecule has 1 saturated heterocycles. The Morgan fingerprint density at radius 1 is 1.10 bits per heavy atom. The highest BCUT2D eigenvalue weighted by Crippen LogP contribution is 2.27. The molecule has 1 aliphatic heterocycles. The maximum absolute atomic E-state index is 13.4. The Bertz CT molecular complexity index is 1050. The van der Waals surface area contributed by atoms with Crippen LogP contribution >= 0.6 is 11.6 Å². The zero-order valence-corrected chi connectivity index (χ0v) is 18.0. The number of pyridine rings is 1. The summed E-state index contributed by atoms with van der Waals surface area (Å²) in [7, 11) is 0. The molecule has 4 rings (SSSR count). The summed E-state index contributed by atoms with van der Waals surface area (Å²) in [5.41, 5.74) is 1.19. The molecule has 0 aliphatic carbocycles. The van der Waals surface area contributed by atoms with Gasteiger partial charge < -0.3 is 4.74 Å². The number of halogens is 1. The summed E-state index contributed by atoms with van der Waals surface area (Å²) in [4.78, 5) is 19.7. The third-order valence-electron chi connectivity index (χ3n) is 5.10. The lowest BCUT2D eigenvalue weighted by Gasteiger charge is -2.25. The molecule has 3 aromatic rings. The summed E-state index contributed by atoms with van der Waals surface area (Å²) in [6.07, 6.45) is 6.83. The van der Waals surface area contributed by atoms with Gasteiger partial charge in [0.15, 0.2) is 5.82 Å². The molecule has 0 unspecified atom stereocenters. The lowest BCUT2D eigenvalue weighted by Crippen LogP contribution is -2.36. The van der Waals surface area contributed by atoms with Crippen molar-refractivity contribution in [2.24, 2.45) is 0 Å². The average molecular weight is 428 g/mol. The second-order valence-electron chi connectivity index (χ2n) is 7.78. The van der Waals surface area contributed by atoms with Crippen LogP contribution in [-0.4, -0.2) is 43.4 Å². The molecule has 0 radical (unpaired) electrons. The van der Waals surface area contributed by atoms with E-state index in [1.54, 1.807) is 23.0 Å². The number of nitrogens with zero attached hydrogens (tertiary/aromatic N) is 5. The van der Waals surface area contributed by atoms with Crippen LogP contribution in [0.2, 0.25) is 5.02 Å². The van der Waals surface area contributed by atoms with E-state index < -0.39 is 0 Å². The van der Waals surface area contributed by atoms with Crippen molar-refractivity contribution in [3.63, 3.8) is 0 Å². The monoisotopic (exact) mass is 427 g/mol. The lowest BCUT2D eigenvalue weighted by molar-refractivity contribution is 0.170. The standard InChI is InChI=1S/C22H26ClN5O2/c1-16(2)30-18-8-6-17(7-9-18)28-21(19-10-11-24-14-20(19)23)25-27(22(28)29)15-26-12-4-3-5-13-26/h6-11,14,16H,3-5,12-13,15H2,1-2H3. The molecule has 8 heteroatoms. The van der Waals surface area contributed by atoms with Crippen LogP contribution < -0.4 is 10.4 Å². The number of hydrogen-bond donors (Lipinski definition) is 0. The molecule has 0 saturated carbocycles. The van der Waals surface area contributed by atoms with Crippen molar-refractivity contribution < 1.29 is 4.74 Å². The minimum Gasteiger partial charge on any atom is -0.491 e. The maximum atomic E-state index is 13.4.